The van der Waals surface area contributed by atoms with Crippen LogP contribution in [0.3, 0.4) is 0 Å². The number of amides is 1. The average Bonchev–Trinajstić information content (AvgIpc) is 2.74. The fraction of sp³-hybridized carbons (Fsp3) is 0.375. The van der Waals surface area contributed by atoms with Gasteiger partial charge in [-0.3, -0.25) is 9.48 Å². The summed E-state index contributed by atoms with van der Waals surface area (Å²) in [6.45, 7) is 5.86. The van der Waals surface area contributed by atoms with Gasteiger partial charge in [0, 0.05) is 20.1 Å². The number of nitrogens with one attached hydrogen (secondary N) is 2. The van der Waals surface area contributed by atoms with Crippen LogP contribution in [0.25, 0.3) is 0 Å². The second-order valence-electron chi connectivity index (χ2n) is 5.58. The largest absolute Gasteiger partial charge is 0.382 e. The fourth-order valence-electron chi connectivity index (χ4n) is 2.82. The van der Waals surface area contributed by atoms with Gasteiger partial charge in [-0.25, -0.2) is 0 Å². The molecular formula is C16H23Cl2N5O. The lowest BCUT2D eigenvalue weighted by atomic mass is 10.2. The van der Waals surface area contributed by atoms with Gasteiger partial charge in [-0.2, -0.15) is 5.10 Å². The van der Waals surface area contributed by atoms with Gasteiger partial charge in [0.1, 0.15) is 0 Å². The Morgan fingerprint density at radius 3 is 2.67 bits per heavy atom. The molecule has 2 heterocycles. The van der Waals surface area contributed by atoms with Crippen LogP contribution in [-0.4, -0.2) is 35.3 Å². The molecule has 1 amide bonds. The number of aryl methyl sites for hydroxylation is 2. The summed E-state index contributed by atoms with van der Waals surface area (Å²) in [7, 11) is 1.88. The Hall–Kier alpha value is -1.92. The number of aromatic nitrogens is 2. The number of halogens is 2. The Morgan fingerprint density at radius 1 is 1.29 bits per heavy atom. The summed E-state index contributed by atoms with van der Waals surface area (Å²) in [5.41, 5.74) is 4.77. The van der Waals surface area contributed by atoms with Crippen molar-refractivity contribution in [3.05, 3.63) is 35.7 Å². The number of rotatable bonds is 3. The normalized spacial score (nSPS) is 12.4. The first-order valence-electron chi connectivity index (χ1n) is 7.44. The standard InChI is InChI=1S/C16H21N5O.2ClH/c1-11-16(12(2)20(3)19-11)18-15(22)10-21-9-8-17-13-6-4-5-7-14(13)21;;/h4-7,17H,8-10H2,1-3H3,(H,18,22);2*1H. The topological polar surface area (TPSA) is 62.2 Å². The highest BCUT2D eigenvalue weighted by Crippen LogP contribution is 2.28. The second-order valence-corrected chi connectivity index (χ2v) is 5.58. The van der Waals surface area contributed by atoms with Crippen LogP contribution in [0.15, 0.2) is 24.3 Å². The van der Waals surface area contributed by atoms with E-state index in [9.17, 15) is 4.79 Å². The van der Waals surface area contributed by atoms with Gasteiger partial charge in [-0.15, -0.1) is 24.8 Å². The quantitative estimate of drug-likeness (QED) is 0.870. The third-order valence-corrected chi connectivity index (χ3v) is 4.05. The highest BCUT2D eigenvalue weighted by atomic mass is 35.5. The summed E-state index contributed by atoms with van der Waals surface area (Å²) in [6.07, 6.45) is 0. The van der Waals surface area contributed by atoms with E-state index >= 15 is 0 Å². The first-order chi connectivity index (χ1) is 10.6. The van der Waals surface area contributed by atoms with E-state index < -0.39 is 0 Å². The van der Waals surface area contributed by atoms with Gasteiger partial charge >= 0.3 is 0 Å². The monoisotopic (exact) mass is 371 g/mol. The summed E-state index contributed by atoms with van der Waals surface area (Å²) in [6, 6.07) is 8.06. The average molecular weight is 372 g/mol. The first-order valence-corrected chi connectivity index (χ1v) is 7.44. The van der Waals surface area contributed by atoms with Crippen LogP contribution in [-0.2, 0) is 11.8 Å². The molecule has 24 heavy (non-hydrogen) atoms. The van der Waals surface area contributed by atoms with Crippen molar-refractivity contribution in [1.29, 1.82) is 0 Å². The molecule has 1 aliphatic rings. The van der Waals surface area contributed by atoms with E-state index in [0.717, 1.165) is 41.5 Å². The maximum Gasteiger partial charge on any atom is 0.243 e. The Morgan fingerprint density at radius 2 is 2.00 bits per heavy atom. The molecule has 132 valence electrons. The van der Waals surface area contributed by atoms with Gasteiger partial charge in [-0.05, 0) is 26.0 Å². The Labute approximate surface area is 154 Å². The Balaban J connectivity index is 0.00000144. The van der Waals surface area contributed by atoms with E-state index in [1.54, 1.807) is 4.68 Å². The van der Waals surface area contributed by atoms with E-state index in [1.165, 1.54) is 0 Å². The molecule has 6 nitrogen and oxygen atoms in total. The van der Waals surface area contributed by atoms with Crippen molar-refractivity contribution >= 4 is 47.8 Å². The third kappa shape index (κ3) is 3.94. The van der Waals surface area contributed by atoms with Crippen molar-refractivity contribution in [3.8, 4) is 0 Å². The smallest absolute Gasteiger partial charge is 0.243 e. The highest BCUT2D eigenvalue weighted by molar-refractivity contribution is 5.95. The van der Waals surface area contributed by atoms with Crippen LogP contribution in [0, 0.1) is 13.8 Å². The van der Waals surface area contributed by atoms with Crippen molar-refractivity contribution in [2.45, 2.75) is 13.8 Å². The van der Waals surface area contributed by atoms with Gasteiger partial charge in [0.25, 0.3) is 0 Å². The van der Waals surface area contributed by atoms with Crippen molar-refractivity contribution in [2.75, 3.05) is 35.2 Å². The van der Waals surface area contributed by atoms with Crippen LogP contribution in [0.5, 0.6) is 0 Å². The number of carbonyl (C=O) groups excluding carboxylic acids is 1. The summed E-state index contributed by atoms with van der Waals surface area (Å²) < 4.78 is 1.78. The molecular weight excluding hydrogens is 349 g/mol. The lowest BCUT2D eigenvalue weighted by Crippen LogP contribution is -2.39. The van der Waals surface area contributed by atoms with E-state index in [4.69, 9.17) is 0 Å². The zero-order valence-electron chi connectivity index (χ0n) is 14.0. The van der Waals surface area contributed by atoms with E-state index in [1.807, 2.05) is 45.2 Å². The van der Waals surface area contributed by atoms with Crippen molar-refractivity contribution in [2.24, 2.45) is 7.05 Å². The zero-order chi connectivity index (χ0) is 15.7. The number of nitrogens with zero attached hydrogens (tertiary/aromatic N) is 3. The first kappa shape index (κ1) is 20.1. The van der Waals surface area contributed by atoms with Gasteiger partial charge in [0.2, 0.25) is 5.91 Å². The van der Waals surface area contributed by atoms with E-state index in [0.29, 0.717) is 6.54 Å². The summed E-state index contributed by atoms with van der Waals surface area (Å²) in [5, 5.41) is 10.7. The number of para-hydroxylation sites is 2. The van der Waals surface area contributed by atoms with Crippen LogP contribution in [0.2, 0.25) is 0 Å². The predicted octanol–water partition coefficient (Wildman–Crippen LogP) is 2.75. The van der Waals surface area contributed by atoms with Gasteiger partial charge in [0.05, 0.1) is 35.0 Å². The van der Waals surface area contributed by atoms with E-state index in [-0.39, 0.29) is 30.7 Å². The predicted molar refractivity (Wildman–Crippen MR) is 103 cm³/mol. The third-order valence-electron chi connectivity index (χ3n) is 4.05. The molecule has 3 rings (SSSR count). The molecule has 1 aromatic carbocycles. The SMILES string of the molecule is Cc1nn(C)c(C)c1NC(=O)CN1CCNc2ccccc21.Cl.Cl. The van der Waals surface area contributed by atoms with E-state index in [2.05, 4.69) is 20.6 Å². The molecule has 2 N–H and O–H groups in total. The minimum absolute atomic E-state index is 0. The van der Waals surface area contributed by atoms with Crippen molar-refractivity contribution in [3.63, 3.8) is 0 Å². The number of benzene rings is 1. The Bertz CT molecular complexity index is 716. The maximum atomic E-state index is 12.4. The molecule has 0 unspecified atom stereocenters. The molecule has 0 spiro atoms. The van der Waals surface area contributed by atoms with Crippen molar-refractivity contribution < 1.29 is 4.79 Å². The van der Waals surface area contributed by atoms with Crippen LogP contribution < -0.4 is 15.5 Å². The van der Waals surface area contributed by atoms with Crippen molar-refractivity contribution in [1.82, 2.24) is 9.78 Å². The summed E-state index contributed by atoms with van der Waals surface area (Å²) in [4.78, 5) is 14.5. The molecule has 0 bridgehead atoms. The molecule has 0 fully saturated rings. The summed E-state index contributed by atoms with van der Waals surface area (Å²) >= 11 is 0. The molecule has 1 aromatic heterocycles. The molecule has 0 radical (unpaired) electrons. The number of carbonyl (C=O) groups is 1. The minimum Gasteiger partial charge on any atom is -0.382 e. The zero-order valence-corrected chi connectivity index (χ0v) is 15.6. The molecule has 8 heteroatoms. The fourth-order valence-corrected chi connectivity index (χ4v) is 2.82. The number of hydrogen-bond donors (Lipinski definition) is 2. The van der Waals surface area contributed by atoms with Crippen LogP contribution in [0.4, 0.5) is 17.1 Å². The van der Waals surface area contributed by atoms with Gasteiger partial charge in [0.15, 0.2) is 0 Å². The molecule has 2 aromatic rings. The molecule has 0 saturated carbocycles. The molecule has 1 aliphatic heterocycles. The number of anilines is 3. The molecule has 0 saturated heterocycles. The second kappa shape index (κ2) is 8.26. The number of hydrogen-bond acceptors (Lipinski definition) is 4. The Kier molecular flexibility index (Phi) is 6.93. The lowest BCUT2D eigenvalue weighted by Gasteiger charge is -2.31. The van der Waals surface area contributed by atoms with Crippen LogP contribution in [0.1, 0.15) is 11.4 Å². The highest BCUT2D eigenvalue weighted by Gasteiger charge is 2.19. The maximum absolute atomic E-state index is 12.4. The lowest BCUT2D eigenvalue weighted by molar-refractivity contribution is -0.115. The van der Waals surface area contributed by atoms with Crippen LogP contribution >= 0.6 is 24.8 Å². The minimum atomic E-state index is -0.0177. The van der Waals surface area contributed by atoms with Gasteiger partial charge < -0.3 is 15.5 Å². The van der Waals surface area contributed by atoms with Gasteiger partial charge in [-0.1, -0.05) is 12.1 Å². The molecule has 0 aliphatic carbocycles. The summed E-state index contributed by atoms with van der Waals surface area (Å²) in [5.74, 6) is -0.0177. The number of fused-ring (bicyclic) bond motifs is 1. The molecule has 0 atom stereocenters.